The standard InChI is InChI=1S/C20H19N3O4S/c1-23-18(28-15-9-4-3-5-10-15)12-17(21-23)27-13-14-8-6-7-11-16(14)19(20(24)25)22-26-2/h3-12H,13H2,1-2H3,(H,24,25). The van der Waals surface area contributed by atoms with Crippen LogP contribution in [0.2, 0.25) is 0 Å². The molecule has 7 nitrogen and oxygen atoms in total. The highest BCUT2D eigenvalue weighted by Crippen LogP contribution is 2.29. The lowest BCUT2D eigenvalue weighted by Gasteiger charge is -2.09. The number of aromatic nitrogens is 2. The Morgan fingerprint density at radius 1 is 1.18 bits per heavy atom. The van der Waals surface area contributed by atoms with Crippen LogP contribution in [0.15, 0.2) is 75.7 Å². The van der Waals surface area contributed by atoms with E-state index in [4.69, 9.17) is 4.74 Å². The first-order chi connectivity index (χ1) is 13.6. The fourth-order valence-corrected chi connectivity index (χ4v) is 3.39. The van der Waals surface area contributed by atoms with E-state index in [0.29, 0.717) is 17.0 Å². The summed E-state index contributed by atoms with van der Waals surface area (Å²) in [6.07, 6.45) is 0. The van der Waals surface area contributed by atoms with Gasteiger partial charge in [-0.2, -0.15) is 0 Å². The van der Waals surface area contributed by atoms with Crippen LogP contribution >= 0.6 is 11.8 Å². The first-order valence-electron chi connectivity index (χ1n) is 8.41. The number of carboxylic acid groups (broad SMARTS) is 1. The summed E-state index contributed by atoms with van der Waals surface area (Å²) in [7, 11) is 3.15. The molecule has 28 heavy (non-hydrogen) atoms. The van der Waals surface area contributed by atoms with Crippen molar-refractivity contribution in [1.82, 2.24) is 9.78 Å². The van der Waals surface area contributed by atoms with E-state index in [2.05, 4.69) is 15.1 Å². The van der Waals surface area contributed by atoms with Gasteiger partial charge in [0.25, 0.3) is 0 Å². The molecule has 0 aliphatic carbocycles. The molecule has 0 fully saturated rings. The van der Waals surface area contributed by atoms with Crippen molar-refractivity contribution in [2.45, 2.75) is 16.5 Å². The number of hydrogen-bond donors (Lipinski definition) is 1. The zero-order chi connectivity index (χ0) is 19.9. The fraction of sp³-hybridized carbons (Fsp3) is 0.150. The minimum Gasteiger partial charge on any atom is -0.476 e. The molecule has 0 spiro atoms. The molecule has 1 N–H and O–H groups in total. The summed E-state index contributed by atoms with van der Waals surface area (Å²) in [5, 5.41) is 18.3. The lowest BCUT2D eigenvalue weighted by Crippen LogP contribution is -2.17. The molecule has 0 amide bonds. The Hall–Kier alpha value is -3.26. The molecule has 1 heterocycles. The van der Waals surface area contributed by atoms with E-state index in [1.165, 1.54) is 7.11 Å². The average Bonchev–Trinajstić information content (AvgIpc) is 3.05. The second-order valence-corrected chi connectivity index (χ2v) is 6.83. The number of hydrogen-bond acceptors (Lipinski definition) is 6. The summed E-state index contributed by atoms with van der Waals surface area (Å²) >= 11 is 1.58. The zero-order valence-corrected chi connectivity index (χ0v) is 16.2. The molecule has 8 heteroatoms. The van der Waals surface area contributed by atoms with Crippen molar-refractivity contribution in [2.75, 3.05) is 7.11 Å². The highest BCUT2D eigenvalue weighted by molar-refractivity contribution is 7.99. The monoisotopic (exact) mass is 397 g/mol. The van der Waals surface area contributed by atoms with Gasteiger partial charge in [0.05, 0.1) is 0 Å². The molecular weight excluding hydrogens is 378 g/mol. The molecule has 1 aromatic heterocycles. The molecule has 0 atom stereocenters. The third kappa shape index (κ3) is 4.72. The van der Waals surface area contributed by atoms with E-state index in [0.717, 1.165) is 9.92 Å². The lowest BCUT2D eigenvalue weighted by atomic mass is 10.0. The lowest BCUT2D eigenvalue weighted by molar-refractivity contribution is -0.129. The van der Waals surface area contributed by atoms with E-state index in [9.17, 15) is 9.90 Å². The normalized spacial score (nSPS) is 11.3. The Balaban J connectivity index is 1.76. The van der Waals surface area contributed by atoms with Gasteiger partial charge in [-0.05, 0) is 17.7 Å². The predicted octanol–water partition coefficient (Wildman–Crippen LogP) is 3.59. The minimum atomic E-state index is -1.17. The maximum atomic E-state index is 11.5. The number of carboxylic acids is 1. The minimum absolute atomic E-state index is 0.151. The summed E-state index contributed by atoms with van der Waals surface area (Å²) in [6.45, 7) is 0.151. The van der Waals surface area contributed by atoms with Crippen LogP contribution in [0.5, 0.6) is 5.88 Å². The number of oxime groups is 1. The molecule has 2 aromatic carbocycles. The van der Waals surface area contributed by atoms with Gasteiger partial charge in [-0.25, -0.2) is 4.79 Å². The largest absolute Gasteiger partial charge is 0.476 e. The van der Waals surface area contributed by atoms with Crippen LogP contribution in [0.25, 0.3) is 0 Å². The Kier molecular flexibility index (Phi) is 6.33. The van der Waals surface area contributed by atoms with Crippen LogP contribution < -0.4 is 4.74 Å². The van der Waals surface area contributed by atoms with E-state index in [1.807, 2.05) is 49.5 Å². The van der Waals surface area contributed by atoms with E-state index in [-0.39, 0.29) is 12.3 Å². The zero-order valence-electron chi connectivity index (χ0n) is 15.4. The van der Waals surface area contributed by atoms with E-state index in [1.54, 1.807) is 34.6 Å². The van der Waals surface area contributed by atoms with Crippen molar-refractivity contribution >= 4 is 23.4 Å². The van der Waals surface area contributed by atoms with Crippen LogP contribution in [0, 0.1) is 0 Å². The summed E-state index contributed by atoms with van der Waals surface area (Å²) < 4.78 is 7.55. The summed E-state index contributed by atoms with van der Waals surface area (Å²) in [5.41, 5.74) is 0.929. The van der Waals surface area contributed by atoms with Crippen molar-refractivity contribution < 1.29 is 19.5 Å². The molecular formula is C20H19N3O4S. The van der Waals surface area contributed by atoms with Gasteiger partial charge in [-0.15, -0.1) is 5.10 Å². The first-order valence-corrected chi connectivity index (χ1v) is 9.22. The smallest absolute Gasteiger partial charge is 0.358 e. The number of ether oxygens (including phenoxy) is 1. The summed E-state index contributed by atoms with van der Waals surface area (Å²) in [5.74, 6) is -0.718. The molecule has 0 aliphatic rings. The van der Waals surface area contributed by atoms with Gasteiger partial charge >= 0.3 is 5.97 Å². The summed E-state index contributed by atoms with van der Waals surface area (Å²) in [6, 6.07) is 18.8. The fourth-order valence-electron chi connectivity index (χ4n) is 2.52. The maximum absolute atomic E-state index is 11.5. The third-order valence-corrected chi connectivity index (χ3v) is 4.91. The van der Waals surface area contributed by atoms with Crippen molar-refractivity contribution in [3.8, 4) is 5.88 Å². The SMILES string of the molecule is CON=C(C(=O)O)c1ccccc1COc1cc(Sc2ccccc2)n(C)n1. The van der Waals surface area contributed by atoms with Crippen LogP contribution in [-0.4, -0.2) is 33.7 Å². The van der Waals surface area contributed by atoms with Gasteiger partial charge in [0.15, 0.2) is 5.71 Å². The highest BCUT2D eigenvalue weighted by atomic mass is 32.2. The van der Waals surface area contributed by atoms with Crippen LogP contribution in [0.1, 0.15) is 11.1 Å². The van der Waals surface area contributed by atoms with Crippen molar-refractivity contribution in [1.29, 1.82) is 0 Å². The van der Waals surface area contributed by atoms with Crippen molar-refractivity contribution in [3.63, 3.8) is 0 Å². The maximum Gasteiger partial charge on any atom is 0.358 e. The van der Waals surface area contributed by atoms with Gasteiger partial charge in [0, 0.05) is 23.6 Å². The predicted molar refractivity (Wildman–Crippen MR) is 106 cm³/mol. The molecule has 0 saturated carbocycles. The Morgan fingerprint density at radius 2 is 1.89 bits per heavy atom. The number of rotatable bonds is 8. The third-order valence-electron chi connectivity index (χ3n) is 3.81. The quantitative estimate of drug-likeness (QED) is 0.462. The van der Waals surface area contributed by atoms with Gasteiger partial charge in [0.1, 0.15) is 18.7 Å². The van der Waals surface area contributed by atoms with Crippen molar-refractivity contribution in [3.05, 3.63) is 71.8 Å². The van der Waals surface area contributed by atoms with Gasteiger partial charge < -0.3 is 14.7 Å². The molecule has 0 aliphatic heterocycles. The molecule has 0 unspecified atom stereocenters. The first kappa shape index (κ1) is 19.5. The Bertz CT molecular complexity index is 986. The number of aryl methyl sites for hydroxylation is 1. The van der Waals surface area contributed by atoms with Gasteiger partial charge in [-0.1, -0.05) is 59.4 Å². The summed E-state index contributed by atoms with van der Waals surface area (Å²) in [4.78, 5) is 17.2. The molecule has 0 bridgehead atoms. The molecule has 144 valence electrons. The Labute approximate surface area is 166 Å². The molecule has 3 rings (SSSR count). The van der Waals surface area contributed by atoms with Crippen molar-refractivity contribution in [2.24, 2.45) is 12.2 Å². The average molecular weight is 397 g/mol. The van der Waals surface area contributed by atoms with E-state index < -0.39 is 5.97 Å². The molecule has 3 aromatic rings. The van der Waals surface area contributed by atoms with Crippen LogP contribution in [0.3, 0.4) is 0 Å². The highest BCUT2D eigenvalue weighted by Gasteiger charge is 2.18. The van der Waals surface area contributed by atoms with Crippen LogP contribution in [0.4, 0.5) is 0 Å². The second kappa shape index (κ2) is 9.09. The number of aliphatic carboxylic acids is 1. The Morgan fingerprint density at radius 3 is 2.61 bits per heavy atom. The van der Waals surface area contributed by atoms with Gasteiger partial charge in [-0.3, -0.25) is 4.68 Å². The van der Waals surface area contributed by atoms with Crippen LogP contribution in [-0.2, 0) is 23.3 Å². The number of nitrogens with zero attached hydrogens (tertiary/aromatic N) is 3. The topological polar surface area (TPSA) is 85.9 Å². The van der Waals surface area contributed by atoms with Gasteiger partial charge in [0.2, 0.25) is 5.88 Å². The van der Waals surface area contributed by atoms with E-state index >= 15 is 0 Å². The number of benzene rings is 2. The second-order valence-electron chi connectivity index (χ2n) is 5.73. The molecule has 0 saturated heterocycles. The molecule has 0 radical (unpaired) electrons. The number of carbonyl (C=O) groups is 1.